The summed E-state index contributed by atoms with van der Waals surface area (Å²) in [6.07, 6.45) is 1.49. The van der Waals surface area contributed by atoms with Gasteiger partial charge in [0, 0.05) is 12.5 Å². The van der Waals surface area contributed by atoms with E-state index >= 15 is 0 Å². The topological polar surface area (TPSA) is 58.6 Å². The van der Waals surface area contributed by atoms with Crippen molar-refractivity contribution in [2.24, 2.45) is 17.8 Å². The molecule has 1 saturated heterocycles. The van der Waals surface area contributed by atoms with Crippen LogP contribution in [0.4, 0.5) is 0 Å². The van der Waals surface area contributed by atoms with Gasteiger partial charge in [-0.2, -0.15) is 0 Å². The van der Waals surface area contributed by atoms with E-state index in [0.717, 1.165) is 19.5 Å². The van der Waals surface area contributed by atoms with Crippen LogP contribution in [0.3, 0.4) is 0 Å². The molecule has 0 aromatic rings. The molecule has 1 aliphatic heterocycles. The van der Waals surface area contributed by atoms with Gasteiger partial charge in [-0.3, -0.25) is 4.79 Å². The Morgan fingerprint density at radius 1 is 1.50 bits per heavy atom. The maximum atomic E-state index is 12.1. The average Bonchev–Trinajstić information content (AvgIpc) is 2.29. The number of nitrogens with one attached hydrogen (secondary N) is 1. The number of carbonyl (C=O) groups excluding carboxylic acids is 1. The van der Waals surface area contributed by atoms with Gasteiger partial charge in [0.1, 0.15) is 0 Å². The number of piperidine rings is 1. The third kappa shape index (κ3) is 3.04. The maximum absolute atomic E-state index is 12.1. The molecule has 1 aliphatic rings. The van der Waals surface area contributed by atoms with E-state index in [1.54, 1.807) is 6.92 Å². The van der Waals surface area contributed by atoms with E-state index in [0.29, 0.717) is 13.0 Å². The van der Waals surface area contributed by atoms with Gasteiger partial charge >= 0.3 is 5.97 Å². The number of rotatable bonds is 5. The first-order valence-electron chi connectivity index (χ1n) is 7.07. The van der Waals surface area contributed by atoms with Crippen molar-refractivity contribution in [3.05, 3.63) is 0 Å². The van der Waals surface area contributed by atoms with Crippen LogP contribution in [0.5, 0.6) is 0 Å². The highest BCUT2D eigenvalue weighted by atomic mass is 16.5. The predicted molar refractivity (Wildman–Crippen MR) is 71.2 cm³/mol. The van der Waals surface area contributed by atoms with Gasteiger partial charge in [0.25, 0.3) is 0 Å². The molecule has 0 aliphatic carbocycles. The third-order valence-corrected chi connectivity index (χ3v) is 4.04. The van der Waals surface area contributed by atoms with Crippen LogP contribution >= 0.6 is 0 Å². The SMILES string of the molecule is CCOC(=O)C(C(C)C)C1(O)CCNCC1CC. The summed E-state index contributed by atoms with van der Waals surface area (Å²) >= 11 is 0. The second-order valence-electron chi connectivity index (χ2n) is 5.52. The molecule has 1 heterocycles. The average molecular weight is 257 g/mol. The summed E-state index contributed by atoms with van der Waals surface area (Å²) in [5.41, 5.74) is -0.930. The monoisotopic (exact) mass is 257 g/mol. The normalized spacial score (nSPS) is 30.2. The van der Waals surface area contributed by atoms with Crippen molar-refractivity contribution in [1.82, 2.24) is 5.32 Å². The van der Waals surface area contributed by atoms with Gasteiger partial charge in [-0.05, 0) is 32.2 Å². The number of hydrogen-bond donors (Lipinski definition) is 2. The van der Waals surface area contributed by atoms with Gasteiger partial charge in [-0.15, -0.1) is 0 Å². The van der Waals surface area contributed by atoms with Gasteiger partial charge in [-0.25, -0.2) is 0 Å². The summed E-state index contributed by atoms with van der Waals surface area (Å²) < 4.78 is 5.16. The first-order valence-corrected chi connectivity index (χ1v) is 7.07. The lowest BCUT2D eigenvalue weighted by atomic mass is 9.68. The Hall–Kier alpha value is -0.610. The Bertz CT molecular complexity index is 280. The molecule has 3 unspecified atom stereocenters. The van der Waals surface area contributed by atoms with Crippen molar-refractivity contribution in [2.75, 3.05) is 19.7 Å². The van der Waals surface area contributed by atoms with Crippen molar-refractivity contribution in [2.45, 2.75) is 46.1 Å². The molecule has 2 N–H and O–H groups in total. The second kappa shape index (κ2) is 6.53. The van der Waals surface area contributed by atoms with Gasteiger partial charge < -0.3 is 15.2 Å². The number of carbonyl (C=O) groups is 1. The fourth-order valence-electron chi connectivity index (χ4n) is 3.14. The number of esters is 1. The predicted octanol–water partition coefficient (Wildman–Crippen LogP) is 1.57. The van der Waals surface area contributed by atoms with Gasteiger partial charge in [-0.1, -0.05) is 20.8 Å². The molecule has 0 saturated carbocycles. The molecule has 0 amide bonds. The zero-order valence-corrected chi connectivity index (χ0v) is 12.0. The first kappa shape index (κ1) is 15.4. The maximum Gasteiger partial charge on any atom is 0.312 e. The zero-order chi connectivity index (χ0) is 13.8. The van der Waals surface area contributed by atoms with E-state index in [1.807, 2.05) is 13.8 Å². The number of hydrogen-bond acceptors (Lipinski definition) is 4. The van der Waals surface area contributed by atoms with Crippen LogP contribution in [-0.2, 0) is 9.53 Å². The summed E-state index contributed by atoms with van der Waals surface area (Å²) in [6.45, 7) is 9.73. The molecule has 1 rings (SSSR count). The van der Waals surface area contributed by atoms with Crippen molar-refractivity contribution in [3.63, 3.8) is 0 Å². The molecule has 18 heavy (non-hydrogen) atoms. The minimum atomic E-state index is -0.930. The van der Waals surface area contributed by atoms with Crippen LogP contribution in [0, 0.1) is 17.8 Å². The lowest BCUT2D eigenvalue weighted by Crippen LogP contribution is -2.58. The molecular weight excluding hydrogens is 230 g/mol. The molecular formula is C14H27NO3. The third-order valence-electron chi connectivity index (χ3n) is 4.04. The number of aliphatic hydroxyl groups is 1. The molecule has 0 spiro atoms. The molecule has 1 fully saturated rings. The van der Waals surface area contributed by atoms with Crippen molar-refractivity contribution in [1.29, 1.82) is 0 Å². The van der Waals surface area contributed by atoms with Crippen molar-refractivity contribution >= 4 is 5.97 Å². The largest absolute Gasteiger partial charge is 0.466 e. The minimum Gasteiger partial charge on any atom is -0.466 e. The highest BCUT2D eigenvalue weighted by Gasteiger charge is 2.49. The Balaban J connectivity index is 2.97. The smallest absolute Gasteiger partial charge is 0.312 e. The van der Waals surface area contributed by atoms with Crippen molar-refractivity contribution < 1.29 is 14.6 Å². The Morgan fingerprint density at radius 2 is 2.17 bits per heavy atom. The zero-order valence-electron chi connectivity index (χ0n) is 12.0. The highest BCUT2D eigenvalue weighted by Crippen LogP contribution is 2.38. The standard InChI is InChI=1S/C14H27NO3/c1-5-11-9-15-8-7-14(11,17)12(10(3)4)13(16)18-6-2/h10-12,15,17H,5-9H2,1-4H3. The van der Waals surface area contributed by atoms with Crippen LogP contribution in [0.25, 0.3) is 0 Å². The van der Waals surface area contributed by atoms with E-state index in [1.165, 1.54) is 0 Å². The number of ether oxygens (including phenoxy) is 1. The summed E-state index contributed by atoms with van der Waals surface area (Å²) in [5.74, 6) is -0.482. The van der Waals surface area contributed by atoms with E-state index < -0.39 is 11.5 Å². The van der Waals surface area contributed by atoms with Crippen LogP contribution in [0.1, 0.15) is 40.5 Å². The second-order valence-corrected chi connectivity index (χ2v) is 5.52. The lowest BCUT2D eigenvalue weighted by molar-refractivity contribution is -0.171. The Kier molecular flexibility index (Phi) is 5.60. The van der Waals surface area contributed by atoms with Crippen LogP contribution in [0.2, 0.25) is 0 Å². The van der Waals surface area contributed by atoms with E-state index in [2.05, 4.69) is 12.2 Å². The fraction of sp³-hybridized carbons (Fsp3) is 0.929. The molecule has 0 aromatic carbocycles. The first-order chi connectivity index (χ1) is 8.47. The summed E-state index contributed by atoms with van der Waals surface area (Å²) in [5, 5.41) is 14.3. The Morgan fingerprint density at radius 3 is 2.67 bits per heavy atom. The van der Waals surface area contributed by atoms with Gasteiger partial charge in [0.05, 0.1) is 18.1 Å². The van der Waals surface area contributed by atoms with E-state index in [4.69, 9.17) is 4.74 Å². The van der Waals surface area contributed by atoms with E-state index in [-0.39, 0.29) is 17.8 Å². The molecule has 4 nitrogen and oxygen atoms in total. The quantitative estimate of drug-likeness (QED) is 0.734. The summed E-state index contributed by atoms with van der Waals surface area (Å²) in [6, 6.07) is 0. The van der Waals surface area contributed by atoms with E-state index in [9.17, 15) is 9.90 Å². The molecule has 0 radical (unpaired) electrons. The summed E-state index contributed by atoms with van der Waals surface area (Å²) in [4.78, 5) is 12.1. The molecule has 3 atom stereocenters. The molecule has 0 aromatic heterocycles. The highest BCUT2D eigenvalue weighted by molar-refractivity contribution is 5.74. The fourth-order valence-corrected chi connectivity index (χ4v) is 3.14. The molecule has 106 valence electrons. The lowest BCUT2D eigenvalue weighted by Gasteiger charge is -2.45. The van der Waals surface area contributed by atoms with Gasteiger partial charge in [0.15, 0.2) is 0 Å². The van der Waals surface area contributed by atoms with Crippen LogP contribution in [0.15, 0.2) is 0 Å². The summed E-state index contributed by atoms with van der Waals surface area (Å²) in [7, 11) is 0. The molecule has 0 bridgehead atoms. The van der Waals surface area contributed by atoms with Crippen molar-refractivity contribution in [3.8, 4) is 0 Å². The Labute approximate surface area is 110 Å². The van der Waals surface area contributed by atoms with Crippen LogP contribution < -0.4 is 5.32 Å². The van der Waals surface area contributed by atoms with Crippen LogP contribution in [-0.4, -0.2) is 36.4 Å². The molecule has 4 heteroatoms. The minimum absolute atomic E-state index is 0.0844. The van der Waals surface area contributed by atoms with Gasteiger partial charge in [0.2, 0.25) is 0 Å².